The zero-order valence-electron chi connectivity index (χ0n) is 18.4. The van der Waals surface area contributed by atoms with Gasteiger partial charge in [-0.2, -0.15) is 0 Å². The molecule has 0 saturated heterocycles. The normalized spacial score (nSPS) is 12.9. The lowest BCUT2D eigenvalue weighted by Crippen LogP contribution is -2.26. The molecular formula is C23H38O4. The molecule has 0 fully saturated rings. The Kier molecular flexibility index (Phi) is 7.52. The summed E-state index contributed by atoms with van der Waals surface area (Å²) in [5.41, 5.74) is 2.59. The maximum atomic E-state index is 11.8. The van der Waals surface area contributed by atoms with Gasteiger partial charge in [-0.3, -0.25) is 4.79 Å². The SMILES string of the molecule is CC(C)(C)CC(C)(C)c1cc(CCC(=O)OCCO)cc(C(C)(C)C)c1O. The van der Waals surface area contributed by atoms with Crippen LogP contribution >= 0.6 is 0 Å². The van der Waals surface area contributed by atoms with Gasteiger partial charge in [-0.15, -0.1) is 0 Å². The number of carbonyl (C=O) groups is 1. The fourth-order valence-corrected chi connectivity index (χ4v) is 3.83. The topological polar surface area (TPSA) is 66.8 Å². The summed E-state index contributed by atoms with van der Waals surface area (Å²) in [7, 11) is 0. The molecule has 1 aromatic carbocycles. The molecule has 0 heterocycles. The summed E-state index contributed by atoms with van der Waals surface area (Å²) in [5, 5.41) is 19.8. The molecule has 0 atom stereocenters. The molecule has 4 heteroatoms. The molecule has 0 aromatic heterocycles. The molecule has 1 aromatic rings. The lowest BCUT2D eigenvalue weighted by Gasteiger charge is -2.35. The highest BCUT2D eigenvalue weighted by atomic mass is 16.5. The standard InChI is InChI=1S/C23H38O4/c1-21(2,3)15-23(7,8)18-14-16(9-10-19(25)27-12-11-24)13-17(20(18)26)22(4,5)6/h13-14,24,26H,9-12,15H2,1-8H3. The van der Waals surface area contributed by atoms with Crippen LogP contribution < -0.4 is 0 Å². The van der Waals surface area contributed by atoms with Crippen molar-refractivity contribution in [3.8, 4) is 5.75 Å². The Bertz CT molecular complexity index is 646. The Balaban J connectivity index is 3.28. The van der Waals surface area contributed by atoms with Gasteiger partial charge >= 0.3 is 5.97 Å². The van der Waals surface area contributed by atoms with Crippen LogP contribution in [0.1, 0.15) is 84.9 Å². The second-order valence-electron chi connectivity index (χ2n) is 10.4. The summed E-state index contributed by atoms with van der Waals surface area (Å²) in [5.74, 6) is 0.0493. The number of carbonyl (C=O) groups excluding carboxylic acids is 1. The molecule has 0 amide bonds. The van der Waals surface area contributed by atoms with Crippen LogP contribution in [-0.4, -0.2) is 29.4 Å². The van der Waals surface area contributed by atoms with E-state index in [1.165, 1.54) is 0 Å². The number of ether oxygens (including phenoxy) is 1. The van der Waals surface area contributed by atoms with Crippen molar-refractivity contribution in [2.24, 2.45) is 5.41 Å². The minimum absolute atomic E-state index is 0.0333. The first-order valence-electron chi connectivity index (χ1n) is 9.81. The van der Waals surface area contributed by atoms with Crippen LogP contribution in [0, 0.1) is 5.41 Å². The molecule has 0 bridgehead atoms. The quantitative estimate of drug-likeness (QED) is 0.664. The molecule has 0 unspecified atom stereocenters. The van der Waals surface area contributed by atoms with Crippen molar-refractivity contribution < 1.29 is 19.7 Å². The number of hydrogen-bond acceptors (Lipinski definition) is 4. The number of aliphatic hydroxyl groups excluding tert-OH is 1. The highest BCUT2D eigenvalue weighted by Crippen LogP contribution is 2.44. The van der Waals surface area contributed by atoms with E-state index >= 15 is 0 Å². The summed E-state index contributed by atoms with van der Waals surface area (Å²) in [6, 6.07) is 4.04. The van der Waals surface area contributed by atoms with Gasteiger partial charge in [-0.05, 0) is 40.2 Å². The van der Waals surface area contributed by atoms with Crippen LogP contribution in [0.2, 0.25) is 0 Å². The van der Waals surface area contributed by atoms with Gasteiger partial charge in [0.25, 0.3) is 0 Å². The maximum Gasteiger partial charge on any atom is 0.306 e. The number of benzene rings is 1. The largest absolute Gasteiger partial charge is 0.507 e. The summed E-state index contributed by atoms with van der Waals surface area (Å²) in [4.78, 5) is 11.8. The minimum atomic E-state index is -0.315. The van der Waals surface area contributed by atoms with E-state index < -0.39 is 0 Å². The first-order valence-corrected chi connectivity index (χ1v) is 9.81. The van der Waals surface area contributed by atoms with Crippen molar-refractivity contribution in [1.29, 1.82) is 0 Å². The van der Waals surface area contributed by atoms with Gasteiger partial charge in [-0.25, -0.2) is 0 Å². The first-order chi connectivity index (χ1) is 12.2. The Labute approximate surface area is 164 Å². The third kappa shape index (κ3) is 7.17. The van der Waals surface area contributed by atoms with E-state index in [1.54, 1.807) is 0 Å². The second-order valence-corrected chi connectivity index (χ2v) is 10.4. The predicted molar refractivity (Wildman–Crippen MR) is 110 cm³/mol. The Morgan fingerprint density at radius 1 is 1.00 bits per heavy atom. The van der Waals surface area contributed by atoms with E-state index in [9.17, 15) is 9.90 Å². The zero-order chi connectivity index (χ0) is 21.0. The van der Waals surface area contributed by atoms with Gasteiger partial charge in [0.2, 0.25) is 0 Å². The smallest absolute Gasteiger partial charge is 0.306 e. The molecule has 0 saturated carbocycles. The van der Waals surface area contributed by atoms with E-state index in [-0.39, 0.29) is 41.8 Å². The lowest BCUT2D eigenvalue weighted by atomic mass is 9.70. The lowest BCUT2D eigenvalue weighted by molar-refractivity contribution is -0.144. The third-order valence-electron chi connectivity index (χ3n) is 4.65. The fraction of sp³-hybridized carbons (Fsp3) is 0.696. The van der Waals surface area contributed by atoms with Gasteiger partial charge in [0, 0.05) is 12.0 Å². The molecule has 0 aliphatic heterocycles. The number of esters is 1. The third-order valence-corrected chi connectivity index (χ3v) is 4.65. The van der Waals surface area contributed by atoms with Crippen LogP contribution in [0.3, 0.4) is 0 Å². The fourth-order valence-electron chi connectivity index (χ4n) is 3.83. The van der Waals surface area contributed by atoms with Crippen LogP contribution in [0.25, 0.3) is 0 Å². The van der Waals surface area contributed by atoms with Crippen molar-refractivity contribution in [1.82, 2.24) is 0 Å². The monoisotopic (exact) mass is 378 g/mol. The average molecular weight is 379 g/mol. The average Bonchev–Trinajstić information content (AvgIpc) is 2.48. The molecule has 0 aliphatic rings. The number of aromatic hydroxyl groups is 1. The molecule has 4 nitrogen and oxygen atoms in total. The number of aryl methyl sites for hydroxylation is 1. The number of phenols is 1. The number of aliphatic hydroxyl groups is 1. The van der Waals surface area contributed by atoms with Crippen molar-refractivity contribution in [2.45, 2.75) is 85.5 Å². The highest BCUT2D eigenvalue weighted by molar-refractivity contribution is 5.69. The Hall–Kier alpha value is -1.55. The van der Waals surface area contributed by atoms with Gasteiger partial charge < -0.3 is 14.9 Å². The molecule has 154 valence electrons. The number of hydrogen-bond donors (Lipinski definition) is 2. The minimum Gasteiger partial charge on any atom is -0.507 e. The van der Waals surface area contributed by atoms with E-state index in [1.807, 2.05) is 12.1 Å². The summed E-state index contributed by atoms with van der Waals surface area (Å²) in [6.45, 7) is 17.1. The second kappa shape index (κ2) is 8.64. The van der Waals surface area contributed by atoms with Crippen LogP contribution in [0.4, 0.5) is 0 Å². The Morgan fingerprint density at radius 2 is 1.56 bits per heavy atom. The highest BCUT2D eigenvalue weighted by Gasteiger charge is 2.32. The van der Waals surface area contributed by atoms with E-state index in [0.717, 1.165) is 23.1 Å². The van der Waals surface area contributed by atoms with Gasteiger partial charge in [0.15, 0.2) is 0 Å². The first kappa shape index (κ1) is 23.5. The van der Waals surface area contributed by atoms with Crippen molar-refractivity contribution >= 4 is 5.97 Å². The van der Waals surface area contributed by atoms with Crippen molar-refractivity contribution in [2.75, 3.05) is 13.2 Å². The summed E-state index contributed by atoms with van der Waals surface area (Å²) in [6.07, 6.45) is 1.73. The molecule has 27 heavy (non-hydrogen) atoms. The van der Waals surface area contributed by atoms with E-state index in [2.05, 4.69) is 55.4 Å². The van der Waals surface area contributed by atoms with E-state index in [4.69, 9.17) is 9.84 Å². The van der Waals surface area contributed by atoms with Crippen molar-refractivity contribution in [3.63, 3.8) is 0 Å². The van der Waals surface area contributed by atoms with Gasteiger partial charge in [0.1, 0.15) is 12.4 Å². The summed E-state index contributed by atoms with van der Waals surface area (Å²) >= 11 is 0. The van der Waals surface area contributed by atoms with Gasteiger partial charge in [0.05, 0.1) is 6.61 Å². The van der Waals surface area contributed by atoms with E-state index in [0.29, 0.717) is 12.2 Å². The predicted octanol–water partition coefficient (Wildman–Crippen LogP) is 4.87. The molecule has 1 rings (SSSR count). The van der Waals surface area contributed by atoms with Crippen molar-refractivity contribution in [3.05, 3.63) is 28.8 Å². The zero-order valence-corrected chi connectivity index (χ0v) is 18.4. The Morgan fingerprint density at radius 3 is 2.04 bits per heavy atom. The van der Waals surface area contributed by atoms with Gasteiger partial charge in [-0.1, -0.05) is 67.5 Å². The van der Waals surface area contributed by atoms with Crippen LogP contribution in [0.15, 0.2) is 12.1 Å². The molecule has 2 N–H and O–H groups in total. The molecular weight excluding hydrogens is 340 g/mol. The summed E-state index contributed by atoms with van der Waals surface area (Å²) < 4.78 is 4.96. The van der Waals surface area contributed by atoms with Crippen LogP contribution in [0.5, 0.6) is 5.75 Å². The number of rotatable bonds is 7. The maximum absolute atomic E-state index is 11.8. The molecule has 0 aliphatic carbocycles. The number of phenolic OH excluding ortho intramolecular Hbond substituents is 1. The molecule has 0 spiro atoms. The molecule has 0 radical (unpaired) electrons. The van der Waals surface area contributed by atoms with Crippen LogP contribution in [-0.2, 0) is 26.8 Å².